The molecule has 0 aliphatic carbocycles. The van der Waals surface area contributed by atoms with Crippen LogP contribution in [0.5, 0.6) is 0 Å². The number of amides is 1. The van der Waals surface area contributed by atoms with Gasteiger partial charge in [-0.3, -0.25) is 10.1 Å². The van der Waals surface area contributed by atoms with Gasteiger partial charge < -0.3 is 11.1 Å². The number of likely N-dealkylation sites (N-methyl/N-ethyl adjacent to an activating group) is 1. The van der Waals surface area contributed by atoms with Crippen LogP contribution in [0, 0.1) is 0 Å². The van der Waals surface area contributed by atoms with E-state index in [1.807, 2.05) is 18.2 Å². The number of anilines is 1. The van der Waals surface area contributed by atoms with Crippen LogP contribution in [-0.2, 0) is 4.79 Å². The average molecular weight is 179 g/mol. The van der Waals surface area contributed by atoms with Crippen LogP contribution in [0.15, 0.2) is 30.3 Å². The Labute approximate surface area is 77.1 Å². The lowest BCUT2D eigenvalue weighted by atomic mass is 10.3. The lowest BCUT2D eigenvalue weighted by Gasteiger charge is -2.10. The van der Waals surface area contributed by atoms with Crippen LogP contribution in [0.25, 0.3) is 0 Å². The summed E-state index contributed by atoms with van der Waals surface area (Å²) >= 11 is 0. The molecule has 0 spiro atoms. The molecular formula is C9H13N3O. The third-order valence-corrected chi connectivity index (χ3v) is 1.63. The molecule has 4 heteroatoms. The van der Waals surface area contributed by atoms with Crippen LogP contribution in [-0.4, -0.2) is 19.1 Å². The zero-order valence-corrected chi connectivity index (χ0v) is 7.45. The number of nitrogens with one attached hydrogen (secondary N) is 2. The van der Waals surface area contributed by atoms with Crippen molar-refractivity contribution in [2.45, 2.75) is 6.17 Å². The topological polar surface area (TPSA) is 67.1 Å². The summed E-state index contributed by atoms with van der Waals surface area (Å²) in [5.74, 6) is -0.242. The molecule has 0 fully saturated rings. The van der Waals surface area contributed by atoms with E-state index < -0.39 is 6.17 Å². The third kappa shape index (κ3) is 2.85. The van der Waals surface area contributed by atoms with Crippen LogP contribution in [0.3, 0.4) is 0 Å². The van der Waals surface area contributed by atoms with Gasteiger partial charge in [0.15, 0.2) is 0 Å². The van der Waals surface area contributed by atoms with E-state index in [2.05, 4.69) is 10.6 Å². The van der Waals surface area contributed by atoms with Crippen LogP contribution in [0.1, 0.15) is 0 Å². The number of hydrogen-bond acceptors (Lipinski definition) is 3. The second-order valence-corrected chi connectivity index (χ2v) is 2.62. The fraction of sp³-hybridized carbons (Fsp3) is 0.222. The molecule has 1 rings (SSSR count). The minimum absolute atomic E-state index is 0.242. The molecule has 0 aliphatic heterocycles. The summed E-state index contributed by atoms with van der Waals surface area (Å²) in [4.78, 5) is 11.2. The molecule has 0 saturated heterocycles. The molecule has 0 aliphatic rings. The number of rotatable bonds is 3. The van der Waals surface area contributed by atoms with Crippen LogP contribution < -0.4 is 16.4 Å². The first-order valence-electron chi connectivity index (χ1n) is 4.03. The third-order valence-electron chi connectivity index (χ3n) is 1.63. The highest BCUT2D eigenvalue weighted by Gasteiger charge is 2.09. The Kier molecular flexibility index (Phi) is 3.42. The van der Waals surface area contributed by atoms with Crippen molar-refractivity contribution in [1.82, 2.24) is 5.32 Å². The van der Waals surface area contributed by atoms with E-state index in [4.69, 9.17) is 5.73 Å². The largest absolute Gasteiger partial charge is 0.324 e. The van der Waals surface area contributed by atoms with E-state index in [1.165, 1.54) is 0 Å². The summed E-state index contributed by atoms with van der Waals surface area (Å²) in [6, 6.07) is 9.19. The van der Waals surface area contributed by atoms with Gasteiger partial charge in [-0.2, -0.15) is 0 Å². The van der Waals surface area contributed by atoms with Gasteiger partial charge in [0.05, 0.1) is 0 Å². The van der Waals surface area contributed by atoms with E-state index in [1.54, 1.807) is 19.2 Å². The van der Waals surface area contributed by atoms with Crippen molar-refractivity contribution in [3.8, 4) is 0 Å². The second-order valence-electron chi connectivity index (χ2n) is 2.62. The lowest BCUT2D eigenvalue weighted by molar-refractivity contribution is -0.117. The average Bonchev–Trinajstić information content (AvgIpc) is 2.18. The van der Waals surface area contributed by atoms with E-state index in [-0.39, 0.29) is 5.91 Å². The maximum atomic E-state index is 11.2. The van der Waals surface area contributed by atoms with Crippen molar-refractivity contribution in [3.63, 3.8) is 0 Å². The Morgan fingerprint density at radius 1 is 1.38 bits per heavy atom. The fourth-order valence-electron chi connectivity index (χ4n) is 0.873. The molecule has 4 N–H and O–H groups in total. The molecule has 13 heavy (non-hydrogen) atoms. The molecule has 0 radical (unpaired) electrons. The number of hydrogen-bond donors (Lipinski definition) is 3. The number of para-hydroxylation sites is 1. The molecule has 0 bridgehead atoms. The number of carbonyl (C=O) groups excluding carboxylic acids is 1. The molecule has 1 unspecified atom stereocenters. The maximum Gasteiger partial charge on any atom is 0.256 e. The molecule has 0 heterocycles. The smallest absolute Gasteiger partial charge is 0.256 e. The zero-order chi connectivity index (χ0) is 9.68. The van der Waals surface area contributed by atoms with Gasteiger partial charge in [-0.15, -0.1) is 0 Å². The van der Waals surface area contributed by atoms with Crippen LogP contribution in [0.2, 0.25) is 0 Å². The highest BCUT2D eigenvalue weighted by molar-refractivity contribution is 5.94. The van der Waals surface area contributed by atoms with E-state index in [9.17, 15) is 4.79 Å². The van der Waals surface area contributed by atoms with Gasteiger partial charge >= 0.3 is 0 Å². The van der Waals surface area contributed by atoms with E-state index >= 15 is 0 Å². The summed E-state index contributed by atoms with van der Waals surface area (Å²) in [5, 5.41) is 5.32. The van der Waals surface area contributed by atoms with E-state index in [0.717, 1.165) is 5.69 Å². The summed E-state index contributed by atoms with van der Waals surface area (Å²) < 4.78 is 0. The summed E-state index contributed by atoms with van der Waals surface area (Å²) in [5.41, 5.74) is 6.19. The van der Waals surface area contributed by atoms with Gasteiger partial charge in [0.1, 0.15) is 6.17 Å². The van der Waals surface area contributed by atoms with Crippen molar-refractivity contribution in [1.29, 1.82) is 0 Å². The number of benzene rings is 1. The number of nitrogens with two attached hydrogens (primary N) is 1. The summed E-state index contributed by atoms with van der Waals surface area (Å²) in [7, 11) is 1.63. The maximum absolute atomic E-state index is 11.2. The summed E-state index contributed by atoms with van der Waals surface area (Å²) in [6.07, 6.45) is -0.666. The van der Waals surface area contributed by atoms with Gasteiger partial charge in [-0.05, 0) is 19.2 Å². The Hall–Kier alpha value is -1.39. The monoisotopic (exact) mass is 179 g/mol. The van der Waals surface area contributed by atoms with Crippen molar-refractivity contribution >= 4 is 11.6 Å². The molecule has 0 saturated carbocycles. The molecule has 1 aromatic rings. The molecule has 0 aromatic heterocycles. The molecule has 4 nitrogen and oxygen atoms in total. The van der Waals surface area contributed by atoms with Crippen molar-refractivity contribution < 1.29 is 4.79 Å². The van der Waals surface area contributed by atoms with Crippen molar-refractivity contribution in [2.24, 2.45) is 5.73 Å². The van der Waals surface area contributed by atoms with Gasteiger partial charge in [0.25, 0.3) is 5.91 Å². The summed E-state index contributed by atoms with van der Waals surface area (Å²) in [6.45, 7) is 0. The van der Waals surface area contributed by atoms with Crippen molar-refractivity contribution in [2.75, 3.05) is 12.4 Å². The highest BCUT2D eigenvalue weighted by Crippen LogP contribution is 2.04. The molecule has 1 amide bonds. The minimum Gasteiger partial charge on any atom is -0.324 e. The quantitative estimate of drug-likeness (QED) is 0.578. The molecule has 1 atom stereocenters. The van der Waals surface area contributed by atoms with Crippen LogP contribution >= 0.6 is 0 Å². The van der Waals surface area contributed by atoms with Gasteiger partial charge in [-0.1, -0.05) is 18.2 Å². The molecule has 1 aromatic carbocycles. The second kappa shape index (κ2) is 4.59. The first-order valence-corrected chi connectivity index (χ1v) is 4.03. The van der Waals surface area contributed by atoms with Gasteiger partial charge in [0.2, 0.25) is 0 Å². The molecular weight excluding hydrogens is 166 g/mol. The lowest BCUT2D eigenvalue weighted by Crippen LogP contribution is -2.45. The van der Waals surface area contributed by atoms with Gasteiger partial charge in [-0.25, -0.2) is 0 Å². The first-order chi connectivity index (χ1) is 6.24. The highest BCUT2D eigenvalue weighted by atomic mass is 16.2. The standard InChI is InChI=1S/C9H13N3O/c1-11-8(10)9(13)12-7-5-3-2-4-6-7/h2-6,8,11H,10H2,1H3,(H,12,13). The SMILES string of the molecule is CNC(N)C(=O)Nc1ccccc1. The number of carbonyl (C=O) groups is 1. The minimum atomic E-state index is -0.666. The first kappa shape index (κ1) is 9.70. The van der Waals surface area contributed by atoms with Gasteiger partial charge in [0, 0.05) is 5.69 Å². The Balaban J connectivity index is 2.55. The Bertz CT molecular complexity index is 273. The van der Waals surface area contributed by atoms with Crippen LogP contribution in [0.4, 0.5) is 5.69 Å². The zero-order valence-electron chi connectivity index (χ0n) is 7.45. The fourth-order valence-corrected chi connectivity index (χ4v) is 0.873. The molecule has 70 valence electrons. The van der Waals surface area contributed by atoms with E-state index in [0.29, 0.717) is 0 Å². The van der Waals surface area contributed by atoms with Crippen molar-refractivity contribution in [3.05, 3.63) is 30.3 Å². The predicted molar refractivity (Wildman–Crippen MR) is 52.1 cm³/mol. The Morgan fingerprint density at radius 2 is 2.00 bits per heavy atom. The predicted octanol–water partition coefficient (Wildman–Crippen LogP) is 0.129. The Morgan fingerprint density at radius 3 is 2.54 bits per heavy atom. The normalized spacial score (nSPS) is 12.2.